The van der Waals surface area contributed by atoms with Crippen LogP contribution in [0.1, 0.15) is 32.6 Å². The third-order valence-electron chi connectivity index (χ3n) is 3.96. The quantitative estimate of drug-likeness (QED) is 0.599. The maximum atomic E-state index is 12.4. The zero-order valence-electron chi connectivity index (χ0n) is 12.7. The summed E-state index contributed by atoms with van der Waals surface area (Å²) in [5, 5.41) is 0. The van der Waals surface area contributed by atoms with E-state index in [0.717, 1.165) is 25.7 Å². The van der Waals surface area contributed by atoms with Crippen LogP contribution in [0.3, 0.4) is 0 Å². The Labute approximate surface area is 129 Å². The molecule has 0 saturated carbocycles. The number of hydrogen-bond acceptors (Lipinski definition) is 4. The molecule has 0 bridgehead atoms. The molecule has 0 atom stereocenters. The number of rotatable bonds is 6. The van der Waals surface area contributed by atoms with E-state index < -0.39 is 0 Å². The number of nitrogens with zero attached hydrogens (tertiary/aromatic N) is 2. The summed E-state index contributed by atoms with van der Waals surface area (Å²) in [5.41, 5.74) is 0.665. The van der Waals surface area contributed by atoms with Gasteiger partial charge in [0.05, 0.1) is 0 Å². The minimum atomic E-state index is -0.250. The van der Waals surface area contributed by atoms with Gasteiger partial charge in [-0.2, -0.15) is 0 Å². The second-order valence-electron chi connectivity index (χ2n) is 5.51. The van der Waals surface area contributed by atoms with E-state index >= 15 is 0 Å². The van der Waals surface area contributed by atoms with E-state index in [0.29, 0.717) is 23.7 Å². The number of anilines is 1. The number of amides is 3. The monoisotopic (exact) mass is 304 g/mol. The molecule has 0 N–H and O–H groups in total. The molecule has 1 aromatic carbocycles. The molecule has 2 heterocycles. The molecule has 1 aromatic rings. The molecular formula is C16H20N2O4. The molecule has 118 valence electrons. The molecule has 0 unspecified atom stereocenters. The Morgan fingerprint density at radius 2 is 1.91 bits per heavy atom. The predicted octanol–water partition coefficient (Wildman–Crippen LogP) is 2.76. The molecule has 6 nitrogen and oxygen atoms in total. The van der Waals surface area contributed by atoms with Gasteiger partial charge in [-0.3, -0.25) is 14.6 Å². The van der Waals surface area contributed by atoms with Crippen molar-refractivity contribution in [2.45, 2.75) is 32.6 Å². The van der Waals surface area contributed by atoms with Crippen LogP contribution >= 0.6 is 0 Å². The molecule has 2 aliphatic rings. The number of fused-ring (bicyclic) bond motifs is 1. The third-order valence-corrected chi connectivity index (χ3v) is 3.96. The highest BCUT2D eigenvalue weighted by molar-refractivity contribution is 6.12. The van der Waals surface area contributed by atoms with Crippen molar-refractivity contribution in [1.29, 1.82) is 0 Å². The second kappa shape index (κ2) is 6.25. The predicted molar refractivity (Wildman–Crippen MR) is 81.2 cm³/mol. The van der Waals surface area contributed by atoms with Crippen LogP contribution in [0.5, 0.6) is 11.5 Å². The van der Waals surface area contributed by atoms with Crippen LogP contribution in [-0.4, -0.2) is 36.7 Å². The Kier molecular flexibility index (Phi) is 4.18. The van der Waals surface area contributed by atoms with Gasteiger partial charge in [-0.05, 0) is 18.6 Å². The first-order valence-corrected chi connectivity index (χ1v) is 7.72. The summed E-state index contributed by atoms with van der Waals surface area (Å²) in [5.74, 6) is 1.14. The minimum Gasteiger partial charge on any atom is -0.454 e. The van der Waals surface area contributed by atoms with Crippen LogP contribution in [0.25, 0.3) is 0 Å². The summed E-state index contributed by atoms with van der Waals surface area (Å²) in [6.45, 7) is 2.91. The topological polar surface area (TPSA) is 59.1 Å². The van der Waals surface area contributed by atoms with Crippen LogP contribution in [0.2, 0.25) is 0 Å². The van der Waals surface area contributed by atoms with Crippen molar-refractivity contribution < 1.29 is 19.1 Å². The average Bonchev–Trinajstić information content (AvgIpc) is 3.09. The fourth-order valence-corrected chi connectivity index (χ4v) is 2.71. The fraction of sp³-hybridized carbons (Fsp3) is 0.500. The van der Waals surface area contributed by atoms with Crippen molar-refractivity contribution in [2.75, 3.05) is 24.8 Å². The lowest BCUT2D eigenvalue weighted by Gasteiger charge is -2.17. The van der Waals surface area contributed by atoms with Crippen molar-refractivity contribution in [3.05, 3.63) is 18.2 Å². The van der Waals surface area contributed by atoms with E-state index in [-0.39, 0.29) is 25.3 Å². The number of unbranched alkanes of at least 4 members (excludes halogenated alkanes) is 3. The van der Waals surface area contributed by atoms with E-state index in [1.807, 2.05) is 0 Å². The third kappa shape index (κ3) is 2.73. The Bertz CT molecular complexity index is 588. The molecule has 1 fully saturated rings. The second-order valence-corrected chi connectivity index (χ2v) is 5.51. The average molecular weight is 304 g/mol. The van der Waals surface area contributed by atoms with Gasteiger partial charge in [0.1, 0.15) is 6.54 Å². The molecule has 0 radical (unpaired) electrons. The zero-order valence-corrected chi connectivity index (χ0v) is 12.7. The van der Waals surface area contributed by atoms with Crippen LogP contribution in [-0.2, 0) is 4.79 Å². The Balaban J connectivity index is 1.68. The van der Waals surface area contributed by atoms with E-state index in [1.54, 1.807) is 18.2 Å². The summed E-state index contributed by atoms with van der Waals surface area (Å²) in [4.78, 5) is 27.4. The summed E-state index contributed by atoms with van der Waals surface area (Å²) in [7, 11) is 0. The maximum absolute atomic E-state index is 12.4. The Morgan fingerprint density at radius 1 is 1.09 bits per heavy atom. The molecule has 6 heteroatoms. The zero-order chi connectivity index (χ0) is 15.5. The molecule has 3 amide bonds. The molecular weight excluding hydrogens is 284 g/mol. The van der Waals surface area contributed by atoms with Gasteiger partial charge >= 0.3 is 6.03 Å². The minimum absolute atomic E-state index is 0.0895. The highest BCUT2D eigenvalue weighted by atomic mass is 16.7. The summed E-state index contributed by atoms with van der Waals surface area (Å²) < 4.78 is 10.6. The van der Waals surface area contributed by atoms with Crippen LogP contribution < -0.4 is 14.4 Å². The molecule has 0 aliphatic carbocycles. The number of benzene rings is 1. The standard InChI is InChI=1S/C16H20N2O4/c1-2-3-4-5-8-17-15(19)10-18(16(17)20)12-6-7-13-14(9-12)22-11-21-13/h6-7,9H,2-5,8,10-11H2,1H3. The van der Waals surface area contributed by atoms with Crippen molar-refractivity contribution in [1.82, 2.24) is 4.90 Å². The van der Waals surface area contributed by atoms with Crippen molar-refractivity contribution in [2.24, 2.45) is 0 Å². The molecule has 2 aliphatic heterocycles. The van der Waals surface area contributed by atoms with Crippen molar-refractivity contribution in [3.63, 3.8) is 0 Å². The molecule has 0 aromatic heterocycles. The van der Waals surface area contributed by atoms with Crippen LogP contribution in [0.15, 0.2) is 18.2 Å². The number of ether oxygens (including phenoxy) is 2. The SMILES string of the molecule is CCCCCCN1C(=O)CN(c2ccc3c(c2)OCO3)C1=O. The lowest BCUT2D eigenvalue weighted by molar-refractivity contribution is -0.124. The van der Waals surface area contributed by atoms with Gasteiger partial charge in [0.15, 0.2) is 11.5 Å². The van der Waals surface area contributed by atoms with Gasteiger partial charge in [0, 0.05) is 18.3 Å². The van der Waals surface area contributed by atoms with Crippen molar-refractivity contribution >= 4 is 17.6 Å². The smallest absolute Gasteiger partial charge is 0.331 e. The number of urea groups is 1. The van der Waals surface area contributed by atoms with Gasteiger partial charge in [0.2, 0.25) is 6.79 Å². The normalized spacial score (nSPS) is 16.8. The van der Waals surface area contributed by atoms with Gasteiger partial charge < -0.3 is 9.47 Å². The molecule has 1 saturated heterocycles. The highest BCUT2D eigenvalue weighted by Gasteiger charge is 2.36. The first kappa shape index (κ1) is 14.7. The van der Waals surface area contributed by atoms with E-state index in [4.69, 9.17) is 9.47 Å². The van der Waals surface area contributed by atoms with Gasteiger partial charge in [-0.1, -0.05) is 26.2 Å². The highest BCUT2D eigenvalue weighted by Crippen LogP contribution is 2.36. The van der Waals surface area contributed by atoms with Gasteiger partial charge in [0.25, 0.3) is 5.91 Å². The summed E-state index contributed by atoms with van der Waals surface area (Å²) in [6, 6.07) is 5.03. The first-order valence-electron chi connectivity index (χ1n) is 7.72. The Morgan fingerprint density at radius 3 is 2.73 bits per heavy atom. The van der Waals surface area contributed by atoms with Crippen molar-refractivity contribution in [3.8, 4) is 11.5 Å². The lowest BCUT2D eigenvalue weighted by atomic mass is 10.2. The number of carbonyl (C=O) groups is 2. The molecule has 3 rings (SSSR count). The van der Waals surface area contributed by atoms with E-state index in [2.05, 4.69) is 6.92 Å². The summed E-state index contributed by atoms with van der Waals surface area (Å²) >= 11 is 0. The van der Waals surface area contributed by atoms with Gasteiger partial charge in [-0.25, -0.2) is 4.79 Å². The molecule has 0 spiro atoms. The van der Waals surface area contributed by atoms with Gasteiger partial charge in [-0.15, -0.1) is 0 Å². The van der Waals surface area contributed by atoms with E-state index in [9.17, 15) is 9.59 Å². The largest absolute Gasteiger partial charge is 0.454 e. The number of hydrogen-bond donors (Lipinski definition) is 0. The number of imide groups is 1. The summed E-state index contributed by atoms with van der Waals surface area (Å²) in [6.07, 6.45) is 4.16. The molecule has 22 heavy (non-hydrogen) atoms. The van der Waals surface area contributed by atoms with Crippen LogP contribution in [0, 0.1) is 0 Å². The maximum Gasteiger partial charge on any atom is 0.331 e. The fourth-order valence-electron chi connectivity index (χ4n) is 2.71. The lowest BCUT2D eigenvalue weighted by Crippen LogP contribution is -2.33. The first-order chi connectivity index (χ1) is 10.7. The van der Waals surface area contributed by atoms with E-state index in [1.165, 1.54) is 9.80 Å². The Hall–Kier alpha value is -2.24. The van der Waals surface area contributed by atoms with Crippen LogP contribution in [0.4, 0.5) is 10.5 Å². The number of carbonyl (C=O) groups excluding carboxylic acids is 2.